The number of carbonyl (C=O) groups is 1. The third-order valence-corrected chi connectivity index (χ3v) is 7.27. The Balaban J connectivity index is 1.32. The van der Waals surface area contributed by atoms with E-state index in [9.17, 15) is 14.3 Å². The second-order valence-electron chi connectivity index (χ2n) is 9.59. The maximum atomic E-state index is 14.2. The van der Waals surface area contributed by atoms with Crippen molar-refractivity contribution >= 4 is 16.7 Å². The molecule has 5 heteroatoms. The van der Waals surface area contributed by atoms with Crippen LogP contribution in [0.5, 0.6) is 5.75 Å². The van der Waals surface area contributed by atoms with Crippen LogP contribution in [0.3, 0.4) is 0 Å². The van der Waals surface area contributed by atoms with Crippen molar-refractivity contribution in [1.29, 1.82) is 0 Å². The fourth-order valence-corrected chi connectivity index (χ4v) is 5.31. The van der Waals surface area contributed by atoms with Gasteiger partial charge in [-0.05, 0) is 73.5 Å². The van der Waals surface area contributed by atoms with Crippen LogP contribution >= 0.6 is 0 Å². The molecule has 1 heterocycles. The van der Waals surface area contributed by atoms with E-state index in [1.807, 2.05) is 73.7 Å². The number of hydrogen-bond donors (Lipinski definition) is 2. The first kappa shape index (κ1) is 24.0. The van der Waals surface area contributed by atoms with Gasteiger partial charge in [0.2, 0.25) is 0 Å². The summed E-state index contributed by atoms with van der Waals surface area (Å²) in [6, 6.07) is 24.8. The van der Waals surface area contributed by atoms with Crippen molar-refractivity contribution in [1.82, 2.24) is 5.32 Å². The highest BCUT2D eigenvalue weighted by Gasteiger charge is 2.30. The van der Waals surface area contributed by atoms with Gasteiger partial charge in [0.25, 0.3) is 0 Å². The van der Waals surface area contributed by atoms with Gasteiger partial charge in [-0.15, -0.1) is 0 Å². The predicted octanol–water partition coefficient (Wildman–Crippen LogP) is 7.01. The SMILES string of the molecule is Cc1ccc([C@H]2C[C@@H](CCNC(C)c3ccc(F)c4ccccc34)Oc3ccccc32)cc1C(=O)O. The van der Waals surface area contributed by atoms with Crippen molar-refractivity contribution in [3.63, 3.8) is 0 Å². The highest BCUT2D eigenvalue weighted by Crippen LogP contribution is 2.41. The summed E-state index contributed by atoms with van der Waals surface area (Å²) in [6.07, 6.45) is 1.56. The smallest absolute Gasteiger partial charge is 0.335 e. The molecule has 0 amide bonds. The molecule has 36 heavy (non-hydrogen) atoms. The summed E-state index contributed by atoms with van der Waals surface area (Å²) < 4.78 is 20.6. The van der Waals surface area contributed by atoms with E-state index in [1.165, 1.54) is 6.07 Å². The molecule has 1 unspecified atom stereocenters. The van der Waals surface area contributed by atoms with E-state index < -0.39 is 5.97 Å². The molecule has 0 aromatic heterocycles. The lowest BCUT2D eigenvalue weighted by Crippen LogP contribution is -2.31. The summed E-state index contributed by atoms with van der Waals surface area (Å²) in [5.41, 5.74) is 4.26. The van der Waals surface area contributed by atoms with Gasteiger partial charge in [0.05, 0.1) is 5.56 Å². The van der Waals surface area contributed by atoms with Gasteiger partial charge in [-0.25, -0.2) is 9.18 Å². The molecule has 184 valence electrons. The minimum Gasteiger partial charge on any atom is -0.490 e. The number of benzene rings is 4. The number of fused-ring (bicyclic) bond motifs is 2. The number of halogens is 1. The van der Waals surface area contributed by atoms with Gasteiger partial charge in [-0.3, -0.25) is 0 Å². The van der Waals surface area contributed by atoms with Crippen molar-refractivity contribution in [3.05, 3.63) is 112 Å². The van der Waals surface area contributed by atoms with Gasteiger partial charge < -0.3 is 15.2 Å². The zero-order valence-electron chi connectivity index (χ0n) is 20.5. The summed E-state index contributed by atoms with van der Waals surface area (Å²) in [5, 5.41) is 14.8. The van der Waals surface area contributed by atoms with Crippen LogP contribution in [0.1, 0.15) is 64.3 Å². The minimum absolute atomic E-state index is 0.0101. The average Bonchev–Trinajstić information content (AvgIpc) is 2.88. The van der Waals surface area contributed by atoms with E-state index in [0.717, 1.165) is 52.8 Å². The van der Waals surface area contributed by atoms with Crippen LogP contribution in [0.2, 0.25) is 0 Å². The second kappa shape index (κ2) is 10.1. The lowest BCUT2D eigenvalue weighted by Gasteiger charge is -2.33. The third-order valence-electron chi connectivity index (χ3n) is 7.27. The van der Waals surface area contributed by atoms with Crippen LogP contribution in [0.25, 0.3) is 10.8 Å². The Morgan fingerprint density at radius 3 is 2.61 bits per heavy atom. The second-order valence-corrected chi connectivity index (χ2v) is 9.59. The van der Waals surface area contributed by atoms with Crippen molar-refractivity contribution in [2.24, 2.45) is 0 Å². The summed E-state index contributed by atoms with van der Waals surface area (Å²) in [4.78, 5) is 11.7. The van der Waals surface area contributed by atoms with Crippen LogP contribution in [0, 0.1) is 12.7 Å². The molecule has 0 spiro atoms. The first-order chi connectivity index (χ1) is 17.4. The van der Waals surface area contributed by atoms with E-state index in [4.69, 9.17) is 4.74 Å². The van der Waals surface area contributed by atoms with Crippen LogP contribution in [-0.4, -0.2) is 23.7 Å². The molecule has 0 fully saturated rings. The maximum absolute atomic E-state index is 14.2. The first-order valence-electron chi connectivity index (χ1n) is 12.4. The molecule has 4 aromatic rings. The fourth-order valence-electron chi connectivity index (χ4n) is 5.31. The number of aromatic carboxylic acids is 1. The Kier molecular flexibility index (Phi) is 6.75. The molecule has 2 N–H and O–H groups in total. The zero-order valence-corrected chi connectivity index (χ0v) is 20.5. The summed E-state index contributed by atoms with van der Waals surface area (Å²) in [6.45, 7) is 4.66. The van der Waals surface area contributed by atoms with Crippen LogP contribution in [0.15, 0.2) is 78.9 Å². The van der Waals surface area contributed by atoms with Crippen LogP contribution in [-0.2, 0) is 0 Å². The molecule has 3 atom stereocenters. The van der Waals surface area contributed by atoms with Gasteiger partial charge in [0.15, 0.2) is 0 Å². The largest absolute Gasteiger partial charge is 0.490 e. The molecule has 5 rings (SSSR count). The van der Waals surface area contributed by atoms with Gasteiger partial charge in [-0.1, -0.05) is 60.7 Å². The molecule has 0 saturated carbocycles. The lowest BCUT2D eigenvalue weighted by molar-refractivity contribution is 0.0696. The zero-order chi connectivity index (χ0) is 25.2. The van der Waals surface area contributed by atoms with Crippen molar-refractivity contribution < 1.29 is 19.0 Å². The Bertz CT molecular complexity index is 1420. The normalized spacial score (nSPS) is 17.9. The van der Waals surface area contributed by atoms with Gasteiger partial charge in [-0.2, -0.15) is 0 Å². The van der Waals surface area contributed by atoms with Gasteiger partial charge in [0, 0.05) is 22.9 Å². The number of carboxylic acid groups (broad SMARTS) is 1. The number of para-hydroxylation sites is 1. The van der Waals surface area contributed by atoms with E-state index >= 15 is 0 Å². The topological polar surface area (TPSA) is 58.6 Å². The Labute approximate surface area is 210 Å². The first-order valence-corrected chi connectivity index (χ1v) is 12.4. The van der Waals surface area contributed by atoms with E-state index in [1.54, 1.807) is 0 Å². The third kappa shape index (κ3) is 4.71. The van der Waals surface area contributed by atoms with Crippen molar-refractivity contribution in [3.8, 4) is 5.75 Å². The molecule has 0 bridgehead atoms. The number of rotatable bonds is 7. The standard InChI is InChI=1S/C31H30FNO3/c1-19-11-12-21(17-27(19)31(34)35)28-18-22(36-30-10-6-5-9-26(28)30)15-16-33-20(2)23-13-14-29(32)25-8-4-3-7-24(23)25/h3-14,17,20,22,28,33H,15-16,18H2,1-2H3,(H,34,35)/t20?,22-,28-/m1/s1. The average molecular weight is 484 g/mol. The van der Waals surface area contributed by atoms with E-state index in [-0.39, 0.29) is 23.9 Å². The number of ether oxygens (including phenoxy) is 1. The highest BCUT2D eigenvalue weighted by molar-refractivity contribution is 5.89. The fraction of sp³-hybridized carbons (Fsp3) is 0.258. The van der Waals surface area contributed by atoms with Crippen molar-refractivity contribution in [2.45, 2.75) is 44.8 Å². The lowest BCUT2D eigenvalue weighted by atomic mass is 9.82. The molecule has 1 aliphatic rings. The Morgan fingerprint density at radius 2 is 1.81 bits per heavy atom. The molecular formula is C31H30FNO3. The number of nitrogens with one attached hydrogen (secondary N) is 1. The van der Waals surface area contributed by atoms with Gasteiger partial charge >= 0.3 is 5.97 Å². The summed E-state index contributed by atoms with van der Waals surface area (Å²) >= 11 is 0. The molecule has 0 saturated heterocycles. The molecule has 0 radical (unpaired) electrons. The van der Waals surface area contributed by atoms with Crippen molar-refractivity contribution in [2.75, 3.05) is 6.54 Å². The van der Waals surface area contributed by atoms with E-state index in [0.29, 0.717) is 10.9 Å². The molecule has 1 aliphatic heterocycles. The maximum Gasteiger partial charge on any atom is 0.335 e. The number of aryl methyl sites for hydroxylation is 1. The summed E-state index contributed by atoms with van der Waals surface area (Å²) in [7, 11) is 0. The summed E-state index contributed by atoms with van der Waals surface area (Å²) in [5.74, 6) is -0.187. The van der Waals surface area contributed by atoms with E-state index in [2.05, 4.69) is 18.3 Å². The monoisotopic (exact) mass is 483 g/mol. The van der Waals surface area contributed by atoms with Gasteiger partial charge in [0.1, 0.15) is 17.7 Å². The number of hydrogen-bond acceptors (Lipinski definition) is 3. The molecule has 4 nitrogen and oxygen atoms in total. The molecule has 4 aromatic carbocycles. The van der Waals surface area contributed by atoms with Crippen LogP contribution in [0.4, 0.5) is 4.39 Å². The van der Waals surface area contributed by atoms with Crippen LogP contribution < -0.4 is 10.1 Å². The Hall–Kier alpha value is -3.70. The molecular weight excluding hydrogens is 453 g/mol. The Morgan fingerprint density at radius 1 is 1.06 bits per heavy atom. The number of carboxylic acids is 1. The quantitative estimate of drug-likeness (QED) is 0.297. The minimum atomic E-state index is -0.905. The highest BCUT2D eigenvalue weighted by atomic mass is 19.1. The predicted molar refractivity (Wildman–Crippen MR) is 140 cm³/mol. The molecule has 0 aliphatic carbocycles.